The van der Waals surface area contributed by atoms with Crippen molar-refractivity contribution in [1.82, 2.24) is 25.7 Å². The maximum absolute atomic E-state index is 14.4. The molecule has 1 atom stereocenters. The van der Waals surface area contributed by atoms with E-state index in [1.807, 2.05) is 12.1 Å². The number of hydrogen-bond acceptors (Lipinski definition) is 6. The lowest BCUT2D eigenvalue weighted by Crippen LogP contribution is -2.62. The van der Waals surface area contributed by atoms with Crippen LogP contribution in [0.5, 0.6) is 0 Å². The van der Waals surface area contributed by atoms with Crippen LogP contribution in [-0.4, -0.2) is 49.7 Å². The predicted octanol–water partition coefficient (Wildman–Crippen LogP) is 4.26. The fraction of sp³-hybridized carbons (Fsp3) is 0.522. The molecule has 4 rings (SSSR count). The van der Waals surface area contributed by atoms with Crippen molar-refractivity contribution in [2.75, 3.05) is 11.9 Å². The van der Waals surface area contributed by atoms with Crippen molar-refractivity contribution in [1.29, 1.82) is 0 Å². The first-order chi connectivity index (χ1) is 14.5. The summed E-state index contributed by atoms with van der Waals surface area (Å²) in [7, 11) is 2.05. The van der Waals surface area contributed by atoms with Gasteiger partial charge in [-0.25, -0.2) is 4.39 Å². The van der Waals surface area contributed by atoms with Gasteiger partial charge in [0.25, 0.3) is 0 Å². The van der Waals surface area contributed by atoms with Gasteiger partial charge in [0.2, 0.25) is 0 Å². The fourth-order valence-electron chi connectivity index (χ4n) is 5.08. The third-order valence-electron chi connectivity index (χ3n) is 6.26. The first-order valence-corrected chi connectivity index (χ1v) is 10.7. The van der Waals surface area contributed by atoms with Crippen LogP contribution in [0.15, 0.2) is 42.1 Å². The number of H-pyrrole nitrogens is 1. The lowest BCUT2D eigenvalue weighted by atomic mass is 9.79. The molecule has 2 aliphatic rings. The molecule has 3 N–H and O–H groups in total. The molecule has 1 unspecified atom stereocenters. The van der Waals surface area contributed by atoms with Gasteiger partial charge in [-0.2, -0.15) is 10.2 Å². The Hall–Kier alpha value is -2.74. The largest absolute Gasteiger partial charge is 0.511 e. The van der Waals surface area contributed by atoms with E-state index in [0.717, 1.165) is 24.7 Å². The molecule has 31 heavy (non-hydrogen) atoms. The standard InChI is InChI=1S/C23H31FN6O/c1-22(2)12-14(13-23(3,4)29-22)30(5)21-7-6-18(27-28-21)16-10-15(17(24)11-20(16)31)19-8-9-25-26-19/h6-9,11,14,16,29,31H,10,12-13H2,1-5H3,(H,25,26). The second-order valence-electron chi connectivity index (χ2n) is 10.0. The number of aliphatic hydroxyl groups is 1. The van der Waals surface area contributed by atoms with Crippen molar-refractivity contribution in [2.45, 2.75) is 70.0 Å². The topological polar surface area (TPSA) is 90.0 Å². The molecule has 7 nitrogen and oxygen atoms in total. The highest BCUT2D eigenvalue weighted by atomic mass is 19.1. The summed E-state index contributed by atoms with van der Waals surface area (Å²) in [6, 6.07) is 5.85. The van der Waals surface area contributed by atoms with E-state index in [4.69, 9.17) is 0 Å². The average Bonchev–Trinajstić information content (AvgIpc) is 3.20. The van der Waals surface area contributed by atoms with Gasteiger partial charge in [0.1, 0.15) is 11.6 Å². The molecule has 0 spiro atoms. The van der Waals surface area contributed by atoms with Crippen LogP contribution in [0, 0.1) is 0 Å². The van der Waals surface area contributed by atoms with Crippen LogP contribution in [0.3, 0.4) is 0 Å². The van der Waals surface area contributed by atoms with Gasteiger partial charge in [-0.15, -0.1) is 5.10 Å². The summed E-state index contributed by atoms with van der Waals surface area (Å²) in [5, 5.41) is 29.6. The summed E-state index contributed by atoms with van der Waals surface area (Å²) < 4.78 is 14.4. The van der Waals surface area contributed by atoms with Gasteiger partial charge in [0.05, 0.1) is 17.3 Å². The van der Waals surface area contributed by atoms with E-state index >= 15 is 0 Å². The van der Waals surface area contributed by atoms with E-state index < -0.39 is 11.7 Å². The molecule has 0 saturated carbocycles. The van der Waals surface area contributed by atoms with Gasteiger partial charge in [-0.05, 0) is 65.2 Å². The summed E-state index contributed by atoms with van der Waals surface area (Å²) in [6.07, 6.45) is 5.03. The quantitative estimate of drug-likeness (QED) is 0.677. The zero-order chi connectivity index (χ0) is 22.4. The van der Waals surface area contributed by atoms with Crippen LogP contribution in [0.1, 0.15) is 64.3 Å². The van der Waals surface area contributed by atoms with Crippen molar-refractivity contribution >= 4 is 11.4 Å². The van der Waals surface area contributed by atoms with Gasteiger partial charge < -0.3 is 15.3 Å². The Kier molecular flexibility index (Phi) is 5.37. The van der Waals surface area contributed by atoms with Gasteiger partial charge >= 0.3 is 0 Å². The Morgan fingerprint density at radius 3 is 2.39 bits per heavy atom. The van der Waals surface area contributed by atoms with Gasteiger partial charge in [0, 0.05) is 42.0 Å². The number of hydrogen-bond donors (Lipinski definition) is 3. The number of nitrogens with zero attached hydrogens (tertiary/aromatic N) is 4. The van der Waals surface area contributed by atoms with Crippen molar-refractivity contribution in [3.63, 3.8) is 0 Å². The molecule has 0 bridgehead atoms. The fourth-order valence-corrected chi connectivity index (χ4v) is 5.08. The van der Waals surface area contributed by atoms with Crippen LogP contribution >= 0.6 is 0 Å². The molecule has 1 saturated heterocycles. The number of allylic oxidation sites excluding steroid dienone is 4. The Balaban J connectivity index is 1.53. The molecule has 0 amide bonds. The average molecular weight is 427 g/mol. The second-order valence-corrected chi connectivity index (χ2v) is 10.0. The number of nitrogens with one attached hydrogen (secondary N) is 2. The maximum atomic E-state index is 14.4. The summed E-state index contributed by atoms with van der Waals surface area (Å²) in [6.45, 7) is 8.91. The van der Waals surface area contributed by atoms with E-state index in [1.54, 1.807) is 12.3 Å². The molecule has 0 radical (unpaired) electrons. The van der Waals surface area contributed by atoms with Crippen LogP contribution in [0.25, 0.3) is 5.57 Å². The smallest absolute Gasteiger partial charge is 0.151 e. The highest BCUT2D eigenvalue weighted by Gasteiger charge is 2.39. The normalized spacial score (nSPS) is 23.5. The molecule has 2 aromatic rings. The summed E-state index contributed by atoms with van der Waals surface area (Å²) in [4.78, 5) is 2.19. The third-order valence-corrected chi connectivity index (χ3v) is 6.26. The first-order valence-electron chi connectivity index (χ1n) is 10.7. The van der Waals surface area contributed by atoms with E-state index in [9.17, 15) is 9.50 Å². The zero-order valence-electron chi connectivity index (χ0n) is 18.8. The Morgan fingerprint density at radius 1 is 1.10 bits per heavy atom. The lowest BCUT2D eigenvalue weighted by molar-refractivity contribution is 0.160. The molecular weight excluding hydrogens is 395 g/mol. The minimum Gasteiger partial charge on any atom is -0.511 e. The number of anilines is 1. The van der Waals surface area contributed by atoms with E-state index in [2.05, 4.69) is 65.4 Å². The minimum absolute atomic E-state index is 0.0339. The molecule has 3 heterocycles. The van der Waals surface area contributed by atoms with Gasteiger partial charge in [-0.3, -0.25) is 5.10 Å². The van der Waals surface area contributed by atoms with E-state index in [1.165, 1.54) is 0 Å². The Labute approximate surface area is 182 Å². The SMILES string of the molecule is CN(c1ccc(C2CC(c3ccn[nH]3)=C(F)C=C2O)nn1)C1CC(C)(C)NC(C)(C)C1. The summed E-state index contributed by atoms with van der Waals surface area (Å²) >= 11 is 0. The van der Waals surface area contributed by atoms with Gasteiger partial charge in [0.15, 0.2) is 5.82 Å². The number of rotatable bonds is 4. The molecule has 166 valence electrons. The van der Waals surface area contributed by atoms with Crippen molar-refractivity contribution < 1.29 is 9.50 Å². The second kappa shape index (κ2) is 7.75. The van der Waals surface area contributed by atoms with E-state index in [-0.39, 0.29) is 23.3 Å². The Bertz CT molecular complexity index is 978. The molecular formula is C23H31FN6O. The lowest BCUT2D eigenvalue weighted by Gasteiger charge is -2.49. The van der Waals surface area contributed by atoms with Gasteiger partial charge in [-0.1, -0.05) is 0 Å². The highest BCUT2D eigenvalue weighted by Crippen LogP contribution is 2.39. The van der Waals surface area contributed by atoms with Crippen molar-refractivity contribution in [2.24, 2.45) is 0 Å². The summed E-state index contributed by atoms with van der Waals surface area (Å²) in [5.41, 5.74) is 1.76. The number of piperidine rings is 1. The first kappa shape index (κ1) is 21.5. The van der Waals surface area contributed by atoms with Crippen LogP contribution in [-0.2, 0) is 0 Å². The zero-order valence-corrected chi connectivity index (χ0v) is 18.8. The predicted molar refractivity (Wildman–Crippen MR) is 119 cm³/mol. The molecule has 1 aliphatic heterocycles. The van der Waals surface area contributed by atoms with Crippen molar-refractivity contribution in [3.8, 4) is 0 Å². The van der Waals surface area contributed by atoms with Crippen LogP contribution in [0.4, 0.5) is 10.2 Å². The number of halogens is 1. The number of aromatic amines is 1. The third kappa shape index (κ3) is 4.49. The molecule has 2 aromatic heterocycles. The molecule has 0 aromatic carbocycles. The molecule has 8 heteroatoms. The number of aliphatic hydroxyl groups excluding tert-OH is 1. The molecule has 1 aliphatic carbocycles. The van der Waals surface area contributed by atoms with Crippen molar-refractivity contribution in [3.05, 3.63) is 53.4 Å². The number of aromatic nitrogens is 4. The molecule has 1 fully saturated rings. The van der Waals surface area contributed by atoms with Crippen LogP contribution in [0.2, 0.25) is 0 Å². The Morgan fingerprint density at radius 2 is 1.81 bits per heavy atom. The maximum Gasteiger partial charge on any atom is 0.151 e. The highest BCUT2D eigenvalue weighted by molar-refractivity contribution is 5.69. The minimum atomic E-state index is -0.460. The monoisotopic (exact) mass is 426 g/mol. The summed E-state index contributed by atoms with van der Waals surface area (Å²) in [5.74, 6) is -0.157. The van der Waals surface area contributed by atoms with E-state index in [0.29, 0.717) is 23.0 Å². The van der Waals surface area contributed by atoms with Crippen LogP contribution < -0.4 is 10.2 Å².